The Hall–Kier alpha value is -1.92. The van der Waals surface area contributed by atoms with Crippen LogP contribution in [0.3, 0.4) is 0 Å². The van der Waals surface area contributed by atoms with E-state index in [2.05, 4.69) is 4.74 Å². The van der Waals surface area contributed by atoms with Crippen LogP contribution in [0, 0.1) is 0 Å². The fourth-order valence-corrected chi connectivity index (χ4v) is 1.15. The molecular weight excluding hydrogens is 239 g/mol. The van der Waals surface area contributed by atoms with E-state index in [1.807, 2.05) is 0 Å². The summed E-state index contributed by atoms with van der Waals surface area (Å²) in [6.45, 7) is -1.46. The predicted molar refractivity (Wildman–Crippen MR) is 53.7 cm³/mol. The van der Waals surface area contributed by atoms with Gasteiger partial charge >= 0.3 is 12.1 Å². The van der Waals surface area contributed by atoms with E-state index < -0.39 is 18.8 Å². The molecule has 0 aliphatic carbocycles. The number of benzene rings is 1. The normalized spacial score (nSPS) is 11.2. The van der Waals surface area contributed by atoms with Crippen molar-refractivity contribution in [2.75, 3.05) is 12.3 Å². The summed E-state index contributed by atoms with van der Waals surface area (Å²) in [4.78, 5) is 10.4. The second-order valence-corrected chi connectivity index (χ2v) is 3.35. The molecule has 17 heavy (non-hydrogen) atoms. The van der Waals surface area contributed by atoms with E-state index in [0.717, 1.165) is 0 Å². The number of nitrogen functional groups attached to an aromatic ring is 1. The molecule has 1 rings (SSSR count). The van der Waals surface area contributed by atoms with Crippen molar-refractivity contribution in [2.24, 2.45) is 0 Å². The molecule has 94 valence electrons. The molecule has 0 bridgehead atoms. The van der Waals surface area contributed by atoms with Crippen LogP contribution in [0.15, 0.2) is 18.2 Å². The third-order valence-electron chi connectivity index (χ3n) is 1.82. The molecule has 0 aliphatic heterocycles. The molecule has 4 nitrogen and oxygen atoms in total. The standard InChI is InChI=1S/C10H10F3NO3/c11-10(12,13)5-17-8-3-6(4-9(15)16)1-2-7(8)14/h1-3H,4-5,14H2,(H,15,16). The molecule has 0 radical (unpaired) electrons. The van der Waals surface area contributed by atoms with Gasteiger partial charge in [0.15, 0.2) is 6.61 Å². The summed E-state index contributed by atoms with van der Waals surface area (Å²) in [5.74, 6) is -1.25. The van der Waals surface area contributed by atoms with Gasteiger partial charge in [-0.05, 0) is 17.7 Å². The summed E-state index contributed by atoms with van der Waals surface area (Å²) in [7, 11) is 0. The first-order chi connectivity index (χ1) is 7.78. The van der Waals surface area contributed by atoms with Crippen molar-refractivity contribution >= 4 is 11.7 Å². The van der Waals surface area contributed by atoms with E-state index >= 15 is 0 Å². The summed E-state index contributed by atoms with van der Waals surface area (Å²) in [5.41, 5.74) is 5.76. The highest BCUT2D eigenvalue weighted by Gasteiger charge is 2.28. The number of carboxylic acid groups (broad SMARTS) is 1. The quantitative estimate of drug-likeness (QED) is 0.798. The van der Waals surface area contributed by atoms with Crippen LogP contribution < -0.4 is 10.5 Å². The van der Waals surface area contributed by atoms with Crippen LogP contribution in [0.1, 0.15) is 5.56 Å². The topological polar surface area (TPSA) is 72.6 Å². The Kier molecular flexibility index (Phi) is 3.82. The first-order valence-electron chi connectivity index (χ1n) is 4.57. The van der Waals surface area contributed by atoms with Gasteiger partial charge in [-0.1, -0.05) is 6.07 Å². The zero-order valence-corrected chi connectivity index (χ0v) is 8.62. The van der Waals surface area contributed by atoms with Crippen LogP contribution in [0.5, 0.6) is 5.75 Å². The molecule has 0 fully saturated rings. The number of ether oxygens (including phenoxy) is 1. The van der Waals surface area contributed by atoms with Crippen LogP contribution >= 0.6 is 0 Å². The van der Waals surface area contributed by atoms with E-state index in [4.69, 9.17) is 10.8 Å². The molecule has 0 heterocycles. The SMILES string of the molecule is Nc1ccc(CC(=O)O)cc1OCC(F)(F)F. The van der Waals surface area contributed by atoms with Crippen molar-refractivity contribution in [2.45, 2.75) is 12.6 Å². The third kappa shape index (κ3) is 4.62. The van der Waals surface area contributed by atoms with E-state index in [9.17, 15) is 18.0 Å². The lowest BCUT2D eigenvalue weighted by molar-refractivity contribution is -0.153. The lowest BCUT2D eigenvalue weighted by atomic mass is 10.1. The zero-order valence-electron chi connectivity index (χ0n) is 8.62. The summed E-state index contributed by atoms with van der Waals surface area (Å²) in [6, 6.07) is 3.92. The average molecular weight is 249 g/mol. The lowest BCUT2D eigenvalue weighted by Gasteiger charge is -2.12. The number of carbonyl (C=O) groups is 1. The zero-order chi connectivity index (χ0) is 13.1. The first-order valence-corrected chi connectivity index (χ1v) is 4.57. The summed E-state index contributed by atoms with van der Waals surface area (Å²) in [6.07, 6.45) is -4.77. The maximum atomic E-state index is 11.9. The number of halogens is 3. The van der Waals surface area contributed by atoms with Gasteiger partial charge in [-0.15, -0.1) is 0 Å². The minimum Gasteiger partial charge on any atom is -0.482 e. The third-order valence-corrected chi connectivity index (χ3v) is 1.82. The second-order valence-electron chi connectivity index (χ2n) is 3.35. The van der Waals surface area contributed by atoms with Crippen molar-refractivity contribution < 1.29 is 27.8 Å². The molecule has 1 aromatic carbocycles. The number of aliphatic carboxylic acids is 1. The molecule has 0 atom stereocenters. The number of hydrogen-bond acceptors (Lipinski definition) is 3. The number of anilines is 1. The van der Waals surface area contributed by atoms with Gasteiger partial charge in [0.2, 0.25) is 0 Å². The minimum atomic E-state index is -4.46. The van der Waals surface area contributed by atoms with Crippen molar-refractivity contribution in [3.63, 3.8) is 0 Å². The van der Waals surface area contributed by atoms with Crippen LogP contribution in [0.4, 0.5) is 18.9 Å². The Bertz CT molecular complexity index is 418. The van der Waals surface area contributed by atoms with Crippen LogP contribution in [0.25, 0.3) is 0 Å². The second kappa shape index (κ2) is 4.94. The molecule has 0 unspecified atom stereocenters. The van der Waals surface area contributed by atoms with Gasteiger partial charge in [0.25, 0.3) is 0 Å². The average Bonchev–Trinajstić information content (AvgIpc) is 2.17. The van der Waals surface area contributed by atoms with E-state index in [1.54, 1.807) is 0 Å². The fraction of sp³-hybridized carbons (Fsp3) is 0.300. The van der Waals surface area contributed by atoms with Gasteiger partial charge in [0.05, 0.1) is 12.1 Å². The Labute approximate surface area is 94.8 Å². The molecule has 0 amide bonds. The molecule has 0 spiro atoms. The van der Waals surface area contributed by atoms with Crippen LogP contribution in [-0.4, -0.2) is 23.9 Å². The number of hydrogen-bond donors (Lipinski definition) is 2. The Balaban J connectivity index is 2.80. The summed E-state index contributed by atoms with van der Waals surface area (Å²) in [5, 5.41) is 8.53. The van der Waals surface area contributed by atoms with Crippen molar-refractivity contribution in [1.29, 1.82) is 0 Å². The minimum absolute atomic E-state index is 0.0309. The molecule has 7 heteroatoms. The van der Waals surface area contributed by atoms with Gasteiger partial charge in [0, 0.05) is 0 Å². The number of nitrogens with two attached hydrogens (primary N) is 1. The molecule has 0 aromatic heterocycles. The molecule has 1 aromatic rings. The van der Waals surface area contributed by atoms with E-state index in [-0.39, 0.29) is 17.9 Å². The molecule has 0 aliphatic rings. The molecule has 0 saturated heterocycles. The van der Waals surface area contributed by atoms with Crippen molar-refractivity contribution in [3.05, 3.63) is 23.8 Å². The van der Waals surface area contributed by atoms with Crippen molar-refractivity contribution in [3.8, 4) is 5.75 Å². The smallest absolute Gasteiger partial charge is 0.422 e. The highest BCUT2D eigenvalue weighted by atomic mass is 19.4. The number of alkyl halides is 3. The number of carboxylic acids is 1. The monoisotopic (exact) mass is 249 g/mol. The fourth-order valence-electron chi connectivity index (χ4n) is 1.15. The lowest BCUT2D eigenvalue weighted by Crippen LogP contribution is -2.19. The summed E-state index contributed by atoms with van der Waals surface area (Å²) >= 11 is 0. The maximum Gasteiger partial charge on any atom is 0.422 e. The predicted octanol–water partition coefficient (Wildman–Crippen LogP) is 1.84. The number of rotatable bonds is 4. The summed E-state index contributed by atoms with van der Waals surface area (Å²) < 4.78 is 40.3. The van der Waals surface area contributed by atoms with Crippen LogP contribution in [0.2, 0.25) is 0 Å². The molecule has 0 saturated carbocycles. The van der Waals surface area contributed by atoms with E-state index in [1.165, 1.54) is 18.2 Å². The first kappa shape index (κ1) is 13.1. The van der Waals surface area contributed by atoms with Gasteiger partial charge < -0.3 is 15.6 Å². The van der Waals surface area contributed by atoms with Crippen molar-refractivity contribution in [1.82, 2.24) is 0 Å². The van der Waals surface area contributed by atoms with Gasteiger partial charge in [0.1, 0.15) is 5.75 Å². The molecule has 3 N–H and O–H groups in total. The van der Waals surface area contributed by atoms with Gasteiger partial charge in [-0.2, -0.15) is 13.2 Å². The van der Waals surface area contributed by atoms with Gasteiger partial charge in [-0.25, -0.2) is 0 Å². The highest BCUT2D eigenvalue weighted by molar-refractivity contribution is 5.71. The Morgan fingerprint density at radius 3 is 2.59 bits per heavy atom. The van der Waals surface area contributed by atoms with Crippen LogP contribution in [-0.2, 0) is 11.2 Å². The van der Waals surface area contributed by atoms with Gasteiger partial charge in [-0.3, -0.25) is 4.79 Å². The Morgan fingerprint density at radius 1 is 1.41 bits per heavy atom. The molecular formula is C10H10F3NO3. The maximum absolute atomic E-state index is 11.9. The highest BCUT2D eigenvalue weighted by Crippen LogP contribution is 2.25. The Morgan fingerprint density at radius 2 is 2.06 bits per heavy atom. The largest absolute Gasteiger partial charge is 0.482 e. The van der Waals surface area contributed by atoms with E-state index in [0.29, 0.717) is 5.56 Å².